The fraction of sp³-hybridized carbons (Fsp3) is 0.500. The first-order valence-corrected chi connectivity index (χ1v) is 4.06. The van der Waals surface area contributed by atoms with Crippen LogP contribution in [-0.4, -0.2) is 21.6 Å². The van der Waals surface area contributed by atoms with Crippen molar-refractivity contribution in [3.05, 3.63) is 18.7 Å². The molecule has 0 radical (unpaired) electrons. The molecule has 12 heavy (non-hydrogen) atoms. The molecule has 1 N–H and O–H groups in total. The first-order valence-electron chi connectivity index (χ1n) is 4.06. The van der Waals surface area contributed by atoms with Gasteiger partial charge in [0, 0.05) is 18.4 Å². The molecule has 0 spiro atoms. The van der Waals surface area contributed by atoms with Crippen LogP contribution in [0.1, 0.15) is 13.3 Å². The number of amides is 1. The van der Waals surface area contributed by atoms with Gasteiger partial charge in [-0.1, -0.05) is 6.92 Å². The Morgan fingerprint density at radius 3 is 3.00 bits per heavy atom. The maximum absolute atomic E-state index is 11.3. The van der Waals surface area contributed by atoms with E-state index in [1.54, 1.807) is 12.4 Å². The molecule has 1 fully saturated rings. The van der Waals surface area contributed by atoms with Gasteiger partial charge in [0.1, 0.15) is 6.33 Å². The van der Waals surface area contributed by atoms with Crippen LogP contribution < -0.4 is 5.32 Å². The molecular weight excluding hydrogens is 154 g/mol. The summed E-state index contributed by atoms with van der Waals surface area (Å²) in [5.41, 5.74) is 0. The van der Waals surface area contributed by atoms with Gasteiger partial charge < -0.3 is 5.32 Å². The Labute approximate surface area is 70.6 Å². The zero-order chi connectivity index (χ0) is 8.55. The zero-order valence-corrected chi connectivity index (χ0v) is 6.90. The number of aromatic nitrogens is 2. The second-order valence-electron chi connectivity index (χ2n) is 3.24. The smallest absolute Gasteiger partial charge is 0.327 e. The summed E-state index contributed by atoms with van der Waals surface area (Å²) in [7, 11) is 0. The fourth-order valence-corrected chi connectivity index (χ4v) is 1.14. The lowest BCUT2D eigenvalue weighted by Crippen LogP contribution is -2.30. The summed E-state index contributed by atoms with van der Waals surface area (Å²) in [4.78, 5) is 15.1. The molecule has 2 atom stereocenters. The Hall–Kier alpha value is -1.32. The lowest BCUT2D eigenvalue weighted by Gasteiger charge is -2.02. The predicted molar refractivity (Wildman–Crippen MR) is 43.7 cm³/mol. The predicted octanol–water partition coefficient (Wildman–Crippen LogP) is 0.849. The van der Waals surface area contributed by atoms with Crippen molar-refractivity contribution in [2.75, 3.05) is 0 Å². The molecule has 0 saturated heterocycles. The Balaban J connectivity index is 1.93. The third kappa shape index (κ3) is 1.32. The first kappa shape index (κ1) is 7.34. The van der Waals surface area contributed by atoms with Gasteiger partial charge in [0.05, 0.1) is 0 Å². The van der Waals surface area contributed by atoms with E-state index in [0.717, 1.165) is 6.42 Å². The van der Waals surface area contributed by atoms with Crippen molar-refractivity contribution in [3.63, 3.8) is 0 Å². The van der Waals surface area contributed by atoms with Crippen LogP contribution in [0.25, 0.3) is 0 Å². The molecule has 1 saturated carbocycles. The standard InChI is InChI=1S/C8H11N3O/c1-6-4-7(6)10-8(12)11-3-2-9-5-11/h2-3,5-7H,4H2,1H3,(H,10,12). The highest BCUT2D eigenvalue weighted by Crippen LogP contribution is 2.28. The van der Waals surface area contributed by atoms with Gasteiger partial charge in [-0.05, 0) is 12.3 Å². The average molecular weight is 165 g/mol. The average Bonchev–Trinajstić information content (AvgIpc) is 2.58. The van der Waals surface area contributed by atoms with Crippen LogP contribution in [-0.2, 0) is 0 Å². The molecule has 0 bridgehead atoms. The topological polar surface area (TPSA) is 46.9 Å². The van der Waals surface area contributed by atoms with E-state index in [1.807, 2.05) is 0 Å². The largest absolute Gasteiger partial charge is 0.334 e. The third-order valence-corrected chi connectivity index (χ3v) is 2.16. The van der Waals surface area contributed by atoms with E-state index in [4.69, 9.17) is 0 Å². The van der Waals surface area contributed by atoms with Gasteiger partial charge in [0.15, 0.2) is 0 Å². The monoisotopic (exact) mass is 165 g/mol. The molecule has 4 heteroatoms. The van der Waals surface area contributed by atoms with Gasteiger partial charge >= 0.3 is 6.03 Å². The van der Waals surface area contributed by atoms with E-state index in [9.17, 15) is 4.79 Å². The minimum Gasteiger partial charge on any atom is -0.334 e. The Morgan fingerprint density at radius 2 is 2.50 bits per heavy atom. The summed E-state index contributed by atoms with van der Waals surface area (Å²) in [5, 5.41) is 2.89. The van der Waals surface area contributed by atoms with E-state index in [2.05, 4.69) is 17.2 Å². The number of carbonyl (C=O) groups excluding carboxylic acids is 1. The van der Waals surface area contributed by atoms with Crippen LogP contribution in [0, 0.1) is 5.92 Å². The molecule has 64 valence electrons. The molecule has 2 unspecified atom stereocenters. The van der Waals surface area contributed by atoms with Crippen molar-refractivity contribution >= 4 is 6.03 Å². The van der Waals surface area contributed by atoms with Crippen LogP contribution in [0.3, 0.4) is 0 Å². The van der Waals surface area contributed by atoms with E-state index in [-0.39, 0.29) is 6.03 Å². The summed E-state index contributed by atoms with van der Waals surface area (Å²) < 4.78 is 1.45. The van der Waals surface area contributed by atoms with Gasteiger partial charge in [-0.3, -0.25) is 4.57 Å². The number of nitrogens with zero attached hydrogens (tertiary/aromatic N) is 2. The molecule has 1 aliphatic carbocycles. The van der Waals surface area contributed by atoms with Crippen molar-refractivity contribution in [2.45, 2.75) is 19.4 Å². The summed E-state index contributed by atoms with van der Waals surface area (Å²) in [6.07, 6.45) is 5.83. The summed E-state index contributed by atoms with van der Waals surface area (Å²) in [5.74, 6) is 0.637. The second kappa shape index (κ2) is 2.62. The Morgan fingerprint density at radius 1 is 1.75 bits per heavy atom. The van der Waals surface area contributed by atoms with E-state index < -0.39 is 0 Å². The van der Waals surface area contributed by atoms with Crippen molar-refractivity contribution < 1.29 is 4.79 Å². The molecule has 0 aliphatic heterocycles. The lowest BCUT2D eigenvalue weighted by molar-refractivity contribution is 0.241. The molecule has 1 amide bonds. The maximum atomic E-state index is 11.3. The number of hydrogen-bond acceptors (Lipinski definition) is 2. The van der Waals surface area contributed by atoms with Gasteiger partial charge in [0.2, 0.25) is 0 Å². The van der Waals surface area contributed by atoms with Crippen LogP contribution in [0.15, 0.2) is 18.7 Å². The third-order valence-electron chi connectivity index (χ3n) is 2.16. The van der Waals surface area contributed by atoms with E-state index >= 15 is 0 Å². The van der Waals surface area contributed by atoms with E-state index in [1.165, 1.54) is 10.9 Å². The summed E-state index contributed by atoms with van der Waals surface area (Å²) >= 11 is 0. The highest BCUT2D eigenvalue weighted by molar-refractivity contribution is 5.77. The number of nitrogens with one attached hydrogen (secondary N) is 1. The summed E-state index contributed by atoms with van der Waals surface area (Å²) in [6.45, 7) is 2.12. The van der Waals surface area contributed by atoms with Crippen molar-refractivity contribution in [3.8, 4) is 0 Å². The second-order valence-corrected chi connectivity index (χ2v) is 3.24. The normalized spacial score (nSPS) is 26.8. The van der Waals surface area contributed by atoms with Gasteiger partial charge in [-0.25, -0.2) is 9.78 Å². The maximum Gasteiger partial charge on any atom is 0.327 e. The van der Waals surface area contributed by atoms with Gasteiger partial charge in [-0.2, -0.15) is 0 Å². The number of hydrogen-bond donors (Lipinski definition) is 1. The number of rotatable bonds is 1. The van der Waals surface area contributed by atoms with Crippen LogP contribution >= 0.6 is 0 Å². The SMILES string of the molecule is CC1CC1NC(=O)n1ccnc1. The van der Waals surface area contributed by atoms with Gasteiger partial charge in [0.25, 0.3) is 0 Å². The lowest BCUT2D eigenvalue weighted by atomic mass is 10.5. The molecular formula is C8H11N3O. The highest BCUT2D eigenvalue weighted by Gasteiger charge is 2.33. The van der Waals surface area contributed by atoms with Crippen LogP contribution in [0.4, 0.5) is 4.79 Å². The zero-order valence-electron chi connectivity index (χ0n) is 6.90. The van der Waals surface area contributed by atoms with Crippen LogP contribution in [0.5, 0.6) is 0 Å². The molecule has 2 rings (SSSR count). The van der Waals surface area contributed by atoms with E-state index in [0.29, 0.717) is 12.0 Å². The Bertz CT molecular complexity index is 281. The molecule has 4 nitrogen and oxygen atoms in total. The molecule has 1 heterocycles. The first-order chi connectivity index (χ1) is 5.77. The fourth-order valence-electron chi connectivity index (χ4n) is 1.14. The minimum atomic E-state index is -0.0816. The van der Waals surface area contributed by atoms with Gasteiger partial charge in [-0.15, -0.1) is 0 Å². The quantitative estimate of drug-likeness (QED) is 0.670. The Kier molecular flexibility index (Phi) is 1.60. The molecule has 1 aromatic rings. The number of imidazole rings is 1. The number of carbonyl (C=O) groups is 1. The highest BCUT2D eigenvalue weighted by atomic mass is 16.2. The molecule has 0 aromatic carbocycles. The molecule has 1 aliphatic rings. The van der Waals surface area contributed by atoms with Crippen LogP contribution in [0.2, 0.25) is 0 Å². The minimum absolute atomic E-state index is 0.0816. The van der Waals surface area contributed by atoms with Crippen molar-refractivity contribution in [1.82, 2.24) is 14.9 Å². The van der Waals surface area contributed by atoms with Crippen molar-refractivity contribution in [1.29, 1.82) is 0 Å². The van der Waals surface area contributed by atoms with Crippen molar-refractivity contribution in [2.24, 2.45) is 5.92 Å². The summed E-state index contributed by atoms with van der Waals surface area (Å²) in [6, 6.07) is 0.293. The molecule has 1 aromatic heterocycles.